The van der Waals surface area contributed by atoms with Gasteiger partial charge in [0.25, 0.3) is 0 Å². The Bertz CT molecular complexity index is 744. The highest BCUT2D eigenvalue weighted by Crippen LogP contribution is 2.16. The van der Waals surface area contributed by atoms with Gasteiger partial charge in [0.15, 0.2) is 0 Å². The topological polar surface area (TPSA) is 66.4 Å². The average molecular weight is 305 g/mol. The van der Waals surface area contributed by atoms with Gasteiger partial charge < -0.3 is 10.4 Å². The molecule has 0 radical (unpaired) electrons. The van der Waals surface area contributed by atoms with Gasteiger partial charge in [-0.2, -0.15) is 0 Å². The van der Waals surface area contributed by atoms with Crippen LogP contribution >= 0.6 is 0 Å². The van der Waals surface area contributed by atoms with Crippen LogP contribution in [0, 0.1) is 18.6 Å². The number of amides is 1. The van der Waals surface area contributed by atoms with E-state index in [4.69, 9.17) is 5.11 Å². The number of hydrogen-bond acceptors (Lipinski definition) is 2. The number of aromatic carboxylic acids is 1. The number of carbonyl (C=O) groups is 2. The van der Waals surface area contributed by atoms with Crippen molar-refractivity contribution in [1.29, 1.82) is 0 Å². The zero-order valence-electron chi connectivity index (χ0n) is 11.7. The summed E-state index contributed by atoms with van der Waals surface area (Å²) in [5.41, 5.74) is 1.00. The van der Waals surface area contributed by atoms with Gasteiger partial charge in [0.1, 0.15) is 11.6 Å². The maximum absolute atomic E-state index is 13.5. The normalized spacial score (nSPS) is 10.3. The largest absolute Gasteiger partial charge is 0.478 e. The number of benzene rings is 2. The van der Waals surface area contributed by atoms with Gasteiger partial charge in [-0.25, -0.2) is 13.6 Å². The van der Waals surface area contributed by atoms with E-state index in [0.717, 1.165) is 6.07 Å². The van der Waals surface area contributed by atoms with Crippen LogP contribution in [0.15, 0.2) is 36.4 Å². The number of aryl methyl sites for hydroxylation is 1. The second-order valence-electron chi connectivity index (χ2n) is 4.80. The molecule has 1 amide bonds. The van der Waals surface area contributed by atoms with Crippen molar-refractivity contribution in [2.24, 2.45) is 0 Å². The van der Waals surface area contributed by atoms with E-state index in [1.807, 2.05) is 0 Å². The standard InChI is InChI=1S/C16H13F2NO3/c1-9-2-5-12(8-13(9)16(21)22)19-15(20)6-10-3-4-11(17)7-14(10)18/h2-5,7-8H,6H2,1H3,(H,19,20)(H,21,22). The maximum Gasteiger partial charge on any atom is 0.336 e. The number of nitrogens with one attached hydrogen (secondary N) is 1. The molecule has 4 nitrogen and oxygen atoms in total. The zero-order valence-corrected chi connectivity index (χ0v) is 11.7. The molecule has 114 valence electrons. The van der Waals surface area contributed by atoms with Gasteiger partial charge in [-0.3, -0.25) is 4.79 Å². The van der Waals surface area contributed by atoms with Crippen LogP contribution in [-0.2, 0) is 11.2 Å². The summed E-state index contributed by atoms with van der Waals surface area (Å²) < 4.78 is 26.3. The molecular formula is C16H13F2NO3. The highest BCUT2D eigenvalue weighted by atomic mass is 19.1. The van der Waals surface area contributed by atoms with E-state index in [1.165, 1.54) is 12.1 Å². The minimum absolute atomic E-state index is 0.0597. The quantitative estimate of drug-likeness (QED) is 0.912. The molecule has 0 saturated carbocycles. The summed E-state index contributed by atoms with van der Waals surface area (Å²) in [5.74, 6) is -3.14. The van der Waals surface area contributed by atoms with Gasteiger partial charge >= 0.3 is 5.97 Å². The number of rotatable bonds is 4. The fraction of sp³-hybridized carbons (Fsp3) is 0.125. The third-order valence-corrected chi connectivity index (χ3v) is 3.12. The predicted molar refractivity (Wildman–Crippen MR) is 76.8 cm³/mol. The number of anilines is 1. The molecule has 0 spiro atoms. The molecule has 0 unspecified atom stereocenters. The Morgan fingerprint density at radius 2 is 1.86 bits per heavy atom. The van der Waals surface area contributed by atoms with Crippen molar-refractivity contribution >= 4 is 17.6 Å². The highest BCUT2D eigenvalue weighted by molar-refractivity contribution is 5.95. The van der Waals surface area contributed by atoms with E-state index in [0.29, 0.717) is 17.3 Å². The zero-order chi connectivity index (χ0) is 16.3. The Morgan fingerprint density at radius 1 is 1.14 bits per heavy atom. The number of hydrogen-bond donors (Lipinski definition) is 2. The first-order valence-corrected chi connectivity index (χ1v) is 6.44. The summed E-state index contributed by atoms with van der Waals surface area (Å²) in [6, 6.07) is 7.42. The summed E-state index contributed by atoms with van der Waals surface area (Å²) >= 11 is 0. The van der Waals surface area contributed by atoms with Gasteiger partial charge in [0.05, 0.1) is 12.0 Å². The van der Waals surface area contributed by atoms with E-state index < -0.39 is 23.5 Å². The Morgan fingerprint density at radius 3 is 2.50 bits per heavy atom. The van der Waals surface area contributed by atoms with E-state index in [2.05, 4.69) is 5.32 Å². The molecule has 0 aliphatic carbocycles. The molecule has 0 fully saturated rings. The first-order chi connectivity index (χ1) is 10.4. The minimum atomic E-state index is -1.10. The lowest BCUT2D eigenvalue weighted by molar-refractivity contribution is -0.115. The van der Waals surface area contributed by atoms with Crippen molar-refractivity contribution in [3.63, 3.8) is 0 Å². The SMILES string of the molecule is Cc1ccc(NC(=O)Cc2ccc(F)cc2F)cc1C(=O)O. The molecule has 0 atom stereocenters. The average Bonchev–Trinajstić information content (AvgIpc) is 2.44. The van der Waals surface area contributed by atoms with Crippen molar-refractivity contribution in [1.82, 2.24) is 0 Å². The summed E-state index contributed by atoms with van der Waals surface area (Å²) in [6.45, 7) is 1.64. The molecule has 6 heteroatoms. The van der Waals surface area contributed by atoms with E-state index in [-0.39, 0.29) is 17.5 Å². The van der Waals surface area contributed by atoms with Crippen molar-refractivity contribution in [2.75, 3.05) is 5.32 Å². The van der Waals surface area contributed by atoms with Gasteiger partial charge in [-0.15, -0.1) is 0 Å². The molecule has 22 heavy (non-hydrogen) atoms. The summed E-state index contributed by atoms with van der Waals surface area (Å²) in [6.07, 6.45) is -0.275. The van der Waals surface area contributed by atoms with Gasteiger partial charge in [0, 0.05) is 11.8 Å². The number of halogens is 2. The molecule has 0 aliphatic rings. The number of carboxylic acids is 1. The summed E-state index contributed by atoms with van der Waals surface area (Å²) in [4.78, 5) is 22.9. The monoisotopic (exact) mass is 305 g/mol. The Balaban J connectivity index is 2.12. The Hall–Kier alpha value is -2.76. The maximum atomic E-state index is 13.5. The minimum Gasteiger partial charge on any atom is -0.478 e. The van der Waals surface area contributed by atoms with Crippen LogP contribution in [0.1, 0.15) is 21.5 Å². The van der Waals surface area contributed by atoms with Crippen molar-refractivity contribution < 1.29 is 23.5 Å². The molecule has 2 N–H and O–H groups in total. The highest BCUT2D eigenvalue weighted by Gasteiger charge is 2.12. The Labute approximate surface area is 125 Å². The fourth-order valence-corrected chi connectivity index (χ4v) is 1.97. The van der Waals surface area contributed by atoms with Crippen LogP contribution in [-0.4, -0.2) is 17.0 Å². The molecule has 2 aromatic carbocycles. The molecule has 0 heterocycles. The second-order valence-corrected chi connectivity index (χ2v) is 4.80. The van der Waals surface area contributed by atoms with Crippen LogP contribution < -0.4 is 5.32 Å². The van der Waals surface area contributed by atoms with E-state index >= 15 is 0 Å². The van der Waals surface area contributed by atoms with Crippen molar-refractivity contribution in [3.8, 4) is 0 Å². The van der Waals surface area contributed by atoms with Gasteiger partial charge in [-0.05, 0) is 36.2 Å². The molecular weight excluding hydrogens is 292 g/mol. The fourth-order valence-electron chi connectivity index (χ4n) is 1.97. The smallest absolute Gasteiger partial charge is 0.336 e. The molecule has 2 aromatic rings. The molecule has 0 bridgehead atoms. The first kappa shape index (κ1) is 15.6. The van der Waals surface area contributed by atoms with Crippen molar-refractivity contribution in [3.05, 3.63) is 64.7 Å². The summed E-state index contributed by atoms with van der Waals surface area (Å²) in [5, 5.41) is 11.5. The van der Waals surface area contributed by atoms with Crippen molar-refractivity contribution in [2.45, 2.75) is 13.3 Å². The number of carbonyl (C=O) groups excluding carboxylic acids is 1. The first-order valence-electron chi connectivity index (χ1n) is 6.44. The van der Waals surface area contributed by atoms with Crippen LogP contribution in [0.2, 0.25) is 0 Å². The summed E-state index contributed by atoms with van der Waals surface area (Å²) in [7, 11) is 0. The lowest BCUT2D eigenvalue weighted by Crippen LogP contribution is -2.16. The lowest BCUT2D eigenvalue weighted by atomic mass is 10.1. The van der Waals surface area contributed by atoms with E-state index in [9.17, 15) is 18.4 Å². The second kappa shape index (κ2) is 6.34. The van der Waals surface area contributed by atoms with Crippen LogP contribution in [0.3, 0.4) is 0 Å². The van der Waals surface area contributed by atoms with Crippen LogP contribution in [0.4, 0.5) is 14.5 Å². The third kappa shape index (κ3) is 3.66. The molecule has 0 aromatic heterocycles. The predicted octanol–water partition coefficient (Wildman–Crippen LogP) is 3.15. The lowest BCUT2D eigenvalue weighted by Gasteiger charge is -2.08. The third-order valence-electron chi connectivity index (χ3n) is 3.12. The van der Waals surface area contributed by atoms with Crippen LogP contribution in [0.5, 0.6) is 0 Å². The molecule has 2 rings (SSSR count). The number of carboxylic acid groups (broad SMARTS) is 1. The molecule has 0 aliphatic heterocycles. The Kier molecular flexibility index (Phi) is 4.50. The van der Waals surface area contributed by atoms with E-state index in [1.54, 1.807) is 19.1 Å². The van der Waals surface area contributed by atoms with Crippen LogP contribution in [0.25, 0.3) is 0 Å². The van der Waals surface area contributed by atoms with Gasteiger partial charge in [0.2, 0.25) is 5.91 Å². The molecule has 0 saturated heterocycles. The van der Waals surface area contributed by atoms with Gasteiger partial charge in [-0.1, -0.05) is 12.1 Å².